The normalized spacial score (nSPS) is 45.7. The van der Waals surface area contributed by atoms with E-state index < -0.39 is 5.60 Å². The molecule has 21 heavy (non-hydrogen) atoms. The second-order valence-electron chi connectivity index (χ2n) is 8.35. The molecular weight excluding hydrogens is 262 g/mol. The maximum Gasteiger partial charge on any atom is 0.0771 e. The van der Waals surface area contributed by atoms with Gasteiger partial charge in [-0.2, -0.15) is 0 Å². The number of nitrogens with one attached hydrogen (secondary N) is 1. The number of hydrogen-bond acceptors (Lipinski definition) is 3. The number of ether oxygens (including phenoxy) is 1. The molecule has 122 valence electrons. The molecule has 0 radical (unpaired) electrons. The molecule has 2 N–H and O–H groups in total. The van der Waals surface area contributed by atoms with Gasteiger partial charge < -0.3 is 15.2 Å². The molecule has 1 heterocycles. The lowest BCUT2D eigenvalue weighted by atomic mass is 9.55. The van der Waals surface area contributed by atoms with Crippen molar-refractivity contribution in [2.75, 3.05) is 13.2 Å². The predicted octanol–water partition coefficient (Wildman–Crippen LogP) is 3.11. The molecule has 2 aliphatic carbocycles. The molecule has 3 heteroatoms. The van der Waals surface area contributed by atoms with Gasteiger partial charge >= 0.3 is 0 Å². The first-order chi connectivity index (χ1) is 9.96. The summed E-state index contributed by atoms with van der Waals surface area (Å²) in [6, 6.07) is 0.510. The van der Waals surface area contributed by atoms with E-state index in [-0.39, 0.29) is 5.41 Å². The molecule has 0 spiro atoms. The maximum absolute atomic E-state index is 10.8. The molecule has 3 atom stereocenters. The fourth-order valence-electron chi connectivity index (χ4n) is 5.04. The third kappa shape index (κ3) is 2.89. The summed E-state index contributed by atoms with van der Waals surface area (Å²) >= 11 is 0. The third-order valence-electron chi connectivity index (χ3n) is 6.60. The SMILES string of the molecule is CCC1CCC(O)(CNC2C3CCCOC3C2(C)C)CC1. The van der Waals surface area contributed by atoms with Gasteiger partial charge in [0.15, 0.2) is 0 Å². The van der Waals surface area contributed by atoms with Crippen molar-refractivity contribution in [2.24, 2.45) is 17.3 Å². The van der Waals surface area contributed by atoms with E-state index in [1.165, 1.54) is 32.1 Å². The smallest absolute Gasteiger partial charge is 0.0771 e. The summed E-state index contributed by atoms with van der Waals surface area (Å²) in [5.74, 6) is 1.49. The highest BCUT2D eigenvalue weighted by atomic mass is 16.5. The van der Waals surface area contributed by atoms with Gasteiger partial charge in [0, 0.05) is 30.5 Å². The van der Waals surface area contributed by atoms with E-state index in [4.69, 9.17) is 4.74 Å². The van der Waals surface area contributed by atoms with Crippen LogP contribution in [0.3, 0.4) is 0 Å². The van der Waals surface area contributed by atoms with Crippen molar-refractivity contribution < 1.29 is 9.84 Å². The Labute approximate surface area is 129 Å². The molecule has 0 aromatic rings. The highest BCUT2D eigenvalue weighted by Crippen LogP contribution is 2.51. The Morgan fingerprint density at radius 2 is 1.90 bits per heavy atom. The first-order valence-electron chi connectivity index (χ1n) is 9.03. The van der Waals surface area contributed by atoms with Crippen molar-refractivity contribution in [3.05, 3.63) is 0 Å². The van der Waals surface area contributed by atoms with Crippen molar-refractivity contribution in [1.29, 1.82) is 0 Å². The van der Waals surface area contributed by atoms with Crippen LogP contribution in [0.4, 0.5) is 0 Å². The van der Waals surface area contributed by atoms with E-state index in [1.807, 2.05) is 0 Å². The van der Waals surface area contributed by atoms with Crippen molar-refractivity contribution in [2.45, 2.75) is 83.5 Å². The zero-order chi connectivity index (χ0) is 15.1. The lowest BCUT2D eigenvalue weighted by Gasteiger charge is -2.60. The van der Waals surface area contributed by atoms with Gasteiger partial charge in [-0.25, -0.2) is 0 Å². The fourth-order valence-corrected chi connectivity index (χ4v) is 5.04. The summed E-state index contributed by atoms with van der Waals surface area (Å²) in [6.07, 6.45) is 8.48. The zero-order valence-corrected chi connectivity index (χ0v) is 14.0. The van der Waals surface area contributed by atoms with Crippen LogP contribution in [-0.4, -0.2) is 36.0 Å². The summed E-state index contributed by atoms with van der Waals surface area (Å²) in [6.45, 7) is 8.60. The van der Waals surface area contributed by atoms with Crippen LogP contribution < -0.4 is 5.32 Å². The average molecular weight is 295 g/mol. The van der Waals surface area contributed by atoms with Crippen LogP contribution in [-0.2, 0) is 4.74 Å². The number of fused-ring (bicyclic) bond motifs is 1. The molecule has 3 fully saturated rings. The average Bonchev–Trinajstić information content (AvgIpc) is 2.48. The second-order valence-corrected chi connectivity index (χ2v) is 8.35. The van der Waals surface area contributed by atoms with Gasteiger partial charge in [0.2, 0.25) is 0 Å². The van der Waals surface area contributed by atoms with Crippen LogP contribution >= 0.6 is 0 Å². The highest BCUT2D eigenvalue weighted by Gasteiger charge is 2.57. The molecular formula is C18H33NO2. The zero-order valence-electron chi connectivity index (χ0n) is 14.0. The molecule has 1 saturated heterocycles. The largest absolute Gasteiger partial charge is 0.389 e. The molecule has 0 aromatic carbocycles. The molecule has 3 rings (SSSR count). The van der Waals surface area contributed by atoms with Crippen molar-refractivity contribution in [3.8, 4) is 0 Å². The van der Waals surface area contributed by atoms with E-state index in [0.717, 1.165) is 31.9 Å². The lowest BCUT2D eigenvalue weighted by molar-refractivity contribution is -0.195. The summed E-state index contributed by atoms with van der Waals surface area (Å²) in [5.41, 5.74) is -0.259. The van der Waals surface area contributed by atoms with Gasteiger partial charge in [-0.1, -0.05) is 27.2 Å². The minimum atomic E-state index is -0.470. The van der Waals surface area contributed by atoms with Gasteiger partial charge in [-0.05, 0) is 44.4 Å². The minimum Gasteiger partial charge on any atom is -0.389 e. The molecule has 3 nitrogen and oxygen atoms in total. The predicted molar refractivity (Wildman–Crippen MR) is 85.2 cm³/mol. The molecule has 0 amide bonds. The highest BCUT2D eigenvalue weighted by molar-refractivity contribution is 5.10. The number of hydrogen-bond donors (Lipinski definition) is 2. The van der Waals surface area contributed by atoms with E-state index in [0.29, 0.717) is 18.1 Å². The first-order valence-corrected chi connectivity index (χ1v) is 9.03. The summed E-state index contributed by atoms with van der Waals surface area (Å²) < 4.78 is 5.97. The van der Waals surface area contributed by atoms with Gasteiger partial charge in [0.1, 0.15) is 0 Å². The molecule has 3 unspecified atom stereocenters. The van der Waals surface area contributed by atoms with Crippen LogP contribution in [0.5, 0.6) is 0 Å². The van der Waals surface area contributed by atoms with E-state index in [2.05, 4.69) is 26.1 Å². The van der Waals surface area contributed by atoms with Crippen LogP contribution in [0.1, 0.15) is 65.7 Å². The lowest BCUT2D eigenvalue weighted by Crippen LogP contribution is -2.70. The monoisotopic (exact) mass is 295 g/mol. The van der Waals surface area contributed by atoms with Crippen molar-refractivity contribution in [3.63, 3.8) is 0 Å². The summed E-state index contributed by atoms with van der Waals surface area (Å²) in [4.78, 5) is 0. The Hall–Kier alpha value is -0.120. The minimum absolute atomic E-state index is 0.210. The van der Waals surface area contributed by atoms with Gasteiger partial charge in [0.25, 0.3) is 0 Å². The van der Waals surface area contributed by atoms with E-state index in [1.54, 1.807) is 0 Å². The van der Waals surface area contributed by atoms with Crippen LogP contribution in [0.25, 0.3) is 0 Å². The van der Waals surface area contributed by atoms with Gasteiger partial charge in [-0.15, -0.1) is 0 Å². The quantitative estimate of drug-likeness (QED) is 0.837. The Bertz CT molecular complexity index is 360. The third-order valence-corrected chi connectivity index (χ3v) is 6.60. The van der Waals surface area contributed by atoms with E-state index >= 15 is 0 Å². The molecule has 0 bridgehead atoms. The summed E-state index contributed by atoms with van der Waals surface area (Å²) in [7, 11) is 0. The van der Waals surface area contributed by atoms with Crippen LogP contribution in [0.15, 0.2) is 0 Å². The van der Waals surface area contributed by atoms with Crippen molar-refractivity contribution in [1.82, 2.24) is 5.32 Å². The van der Waals surface area contributed by atoms with Crippen LogP contribution in [0.2, 0.25) is 0 Å². The Morgan fingerprint density at radius 3 is 2.57 bits per heavy atom. The second kappa shape index (κ2) is 5.82. The van der Waals surface area contributed by atoms with Gasteiger partial charge in [-0.3, -0.25) is 0 Å². The van der Waals surface area contributed by atoms with Gasteiger partial charge in [0.05, 0.1) is 11.7 Å². The standard InChI is InChI=1S/C18H33NO2/c1-4-13-7-9-18(20,10-8-13)12-19-15-14-6-5-11-21-16(14)17(15,2)3/h13-16,19-20H,4-12H2,1-3H3. The Balaban J connectivity index is 1.53. The number of aliphatic hydroxyl groups is 1. The van der Waals surface area contributed by atoms with E-state index in [9.17, 15) is 5.11 Å². The molecule has 1 aliphatic heterocycles. The fraction of sp³-hybridized carbons (Fsp3) is 1.00. The van der Waals surface area contributed by atoms with Crippen molar-refractivity contribution >= 4 is 0 Å². The molecule has 0 aromatic heterocycles. The molecule has 3 aliphatic rings. The number of rotatable bonds is 4. The summed E-state index contributed by atoms with van der Waals surface area (Å²) in [5, 5.41) is 14.5. The first kappa shape index (κ1) is 15.8. The maximum atomic E-state index is 10.8. The Morgan fingerprint density at radius 1 is 1.19 bits per heavy atom. The topological polar surface area (TPSA) is 41.5 Å². The van der Waals surface area contributed by atoms with Crippen LogP contribution in [0, 0.1) is 17.3 Å². The Kier molecular flexibility index (Phi) is 4.37. The molecule has 2 saturated carbocycles.